The lowest BCUT2D eigenvalue weighted by atomic mass is 10.1. The zero-order valence-corrected chi connectivity index (χ0v) is 16.3. The molecule has 0 saturated carbocycles. The van der Waals surface area contributed by atoms with Crippen LogP contribution in [0.15, 0.2) is 24.3 Å². The summed E-state index contributed by atoms with van der Waals surface area (Å²) in [7, 11) is -1.83. The van der Waals surface area contributed by atoms with Crippen molar-refractivity contribution in [1.29, 1.82) is 0 Å². The highest BCUT2D eigenvalue weighted by molar-refractivity contribution is 7.57. The molecule has 0 heterocycles. The molecule has 1 rings (SSSR count). The maximum atomic E-state index is 12.3. The quantitative estimate of drug-likeness (QED) is 0.269. The van der Waals surface area contributed by atoms with Gasteiger partial charge in [0.15, 0.2) is 0 Å². The summed E-state index contributed by atoms with van der Waals surface area (Å²) in [6.07, 6.45) is 0.619. The number of nitrogens with one attached hydrogen (secondary N) is 2. The number of aliphatic hydroxyl groups excluding tert-OH is 4. The fraction of sp³-hybridized carbons (Fsp3) is 0.500. The Morgan fingerprint density at radius 2 is 1.08 bits per heavy atom. The van der Waals surface area contributed by atoms with E-state index in [9.17, 15) is 9.59 Å². The SMILES string of the molecule is O=C(NCCP(CO)CO)c1ccccc1C(=O)NCCP(CO)CO. The van der Waals surface area contributed by atoms with Crippen molar-refractivity contribution in [2.45, 2.75) is 0 Å². The van der Waals surface area contributed by atoms with Crippen LogP contribution in [0, 0.1) is 0 Å². The van der Waals surface area contributed by atoms with Gasteiger partial charge >= 0.3 is 0 Å². The van der Waals surface area contributed by atoms with Gasteiger partial charge in [-0.2, -0.15) is 0 Å². The molecule has 0 unspecified atom stereocenters. The normalized spacial score (nSPS) is 11.0. The van der Waals surface area contributed by atoms with E-state index in [2.05, 4.69) is 10.6 Å². The first-order valence-corrected chi connectivity index (χ1v) is 11.9. The fourth-order valence-electron chi connectivity index (χ4n) is 2.10. The highest BCUT2D eigenvalue weighted by Crippen LogP contribution is 2.31. The van der Waals surface area contributed by atoms with Gasteiger partial charge in [0, 0.05) is 13.1 Å². The van der Waals surface area contributed by atoms with Gasteiger partial charge in [0.1, 0.15) is 0 Å². The third kappa shape index (κ3) is 7.62. The summed E-state index contributed by atoms with van der Waals surface area (Å²) in [4.78, 5) is 24.7. The molecule has 0 aliphatic rings. The van der Waals surface area contributed by atoms with Crippen LogP contribution in [0.1, 0.15) is 20.7 Å². The molecule has 1 aromatic rings. The molecule has 10 heteroatoms. The first-order chi connectivity index (χ1) is 12.6. The minimum atomic E-state index is -0.916. The number of hydrogen-bond donors (Lipinski definition) is 6. The Labute approximate surface area is 155 Å². The molecule has 0 atom stereocenters. The fourth-order valence-corrected chi connectivity index (χ4v) is 3.70. The second-order valence-corrected chi connectivity index (χ2v) is 10.1. The van der Waals surface area contributed by atoms with Gasteiger partial charge < -0.3 is 31.1 Å². The largest absolute Gasteiger partial charge is 0.392 e. The average molecular weight is 404 g/mol. The highest BCUT2D eigenvalue weighted by atomic mass is 31.1. The number of carbonyl (C=O) groups excluding carboxylic acids is 2. The van der Waals surface area contributed by atoms with Gasteiger partial charge in [-0.1, -0.05) is 28.0 Å². The maximum absolute atomic E-state index is 12.3. The first-order valence-electron chi connectivity index (χ1n) is 8.10. The van der Waals surface area contributed by atoms with Crippen LogP contribution in [0.4, 0.5) is 0 Å². The minimum Gasteiger partial charge on any atom is -0.392 e. The molecule has 1 aromatic carbocycles. The summed E-state index contributed by atoms with van der Waals surface area (Å²) in [5.74, 6) is -0.788. The first kappa shape index (κ1) is 22.9. The van der Waals surface area contributed by atoms with E-state index in [1.807, 2.05) is 0 Å². The molecule has 8 nitrogen and oxygen atoms in total. The molecule has 146 valence electrons. The number of amides is 2. The van der Waals surface area contributed by atoms with Gasteiger partial charge in [0.25, 0.3) is 11.8 Å². The molecule has 26 heavy (non-hydrogen) atoms. The van der Waals surface area contributed by atoms with Gasteiger partial charge in [-0.25, -0.2) is 0 Å². The summed E-state index contributed by atoms with van der Waals surface area (Å²) < 4.78 is 0. The number of rotatable bonds is 12. The summed E-state index contributed by atoms with van der Waals surface area (Å²) in [5, 5.41) is 41.6. The van der Waals surface area contributed by atoms with Crippen LogP contribution in [0.25, 0.3) is 0 Å². The van der Waals surface area contributed by atoms with E-state index < -0.39 is 27.7 Å². The van der Waals surface area contributed by atoms with Crippen molar-refractivity contribution in [3.05, 3.63) is 35.4 Å². The monoisotopic (exact) mass is 404 g/mol. The van der Waals surface area contributed by atoms with Crippen molar-refractivity contribution in [2.24, 2.45) is 0 Å². The molecule has 0 aliphatic heterocycles. The van der Waals surface area contributed by atoms with Crippen molar-refractivity contribution in [3.63, 3.8) is 0 Å². The zero-order valence-electron chi connectivity index (χ0n) is 14.5. The van der Waals surface area contributed by atoms with Gasteiger partial charge in [0.05, 0.1) is 36.5 Å². The van der Waals surface area contributed by atoms with E-state index in [0.717, 1.165) is 0 Å². The van der Waals surface area contributed by atoms with Crippen LogP contribution in [-0.4, -0.2) is 83.0 Å². The van der Waals surface area contributed by atoms with Crippen LogP contribution in [0.5, 0.6) is 0 Å². The van der Waals surface area contributed by atoms with Gasteiger partial charge in [-0.05, 0) is 24.5 Å². The van der Waals surface area contributed by atoms with E-state index in [1.54, 1.807) is 24.3 Å². The highest BCUT2D eigenvalue weighted by Gasteiger charge is 2.17. The van der Waals surface area contributed by atoms with Crippen molar-refractivity contribution in [2.75, 3.05) is 50.8 Å². The van der Waals surface area contributed by atoms with E-state index in [0.29, 0.717) is 25.4 Å². The molecule has 0 bridgehead atoms. The molecule has 2 amide bonds. The lowest BCUT2D eigenvalue weighted by molar-refractivity contribution is 0.0922. The molecule has 6 N–H and O–H groups in total. The number of carbonyl (C=O) groups is 2. The molecule has 0 saturated heterocycles. The Balaban J connectivity index is 2.62. The number of aliphatic hydroxyl groups is 4. The molecular formula is C16H26N2O6P2. The van der Waals surface area contributed by atoms with E-state index in [1.165, 1.54) is 0 Å². The third-order valence-corrected chi connectivity index (χ3v) is 6.96. The number of hydrogen-bond acceptors (Lipinski definition) is 6. The molecule has 0 spiro atoms. The lowest BCUT2D eigenvalue weighted by Crippen LogP contribution is -2.31. The smallest absolute Gasteiger partial charge is 0.252 e. The standard InChI is InChI=1S/C16H26N2O6P2/c19-9-25(10-20)7-5-17-15(23)13-3-1-2-4-14(13)16(24)18-6-8-26(11-21)12-22/h1-4,19-22H,5-12H2,(H,17,23)(H,18,24). The molecular weight excluding hydrogens is 378 g/mol. The van der Waals surface area contributed by atoms with Crippen LogP contribution in [-0.2, 0) is 0 Å². The van der Waals surface area contributed by atoms with E-state index in [-0.39, 0.29) is 36.5 Å². The van der Waals surface area contributed by atoms with Crippen LogP contribution in [0.2, 0.25) is 0 Å². The second kappa shape index (κ2) is 13.1. The molecule has 0 fully saturated rings. The zero-order chi connectivity index (χ0) is 19.4. The van der Waals surface area contributed by atoms with Gasteiger partial charge in [-0.3, -0.25) is 9.59 Å². The Kier molecular flexibility index (Phi) is 11.5. The van der Waals surface area contributed by atoms with Crippen molar-refractivity contribution in [3.8, 4) is 0 Å². The summed E-state index contributed by atoms with van der Waals surface area (Å²) in [5.41, 5.74) is 0.489. The van der Waals surface area contributed by atoms with Crippen LogP contribution in [0.3, 0.4) is 0 Å². The Hall–Kier alpha value is -1.14. The lowest BCUT2D eigenvalue weighted by Gasteiger charge is -2.14. The predicted molar refractivity (Wildman–Crippen MR) is 103 cm³/mol. The molecule has 0 aliphatic carbocycles. The van der Waals surface area contributed by atoms with Crippen LogP contribution >= 0.6 is 15.8 Å². The maximum Gasteiger partial charge on any atom is 0.252 e. The summed E-state index contributed by atoms with van der Waals surface area (Å²) >= 11 is 0. The van der Waals surface area contributed by atoms with Crippen molar-refractivity contribution >= 4 is 27.7 Å². The van der Waals surface area contributed by atoms with Crippen LogP contribution < -0.4 is 10.6 Å². The number of benzene rings is 1. The van der Waals surface area contributed by atoms with Crippen molar-refractivity contribution in [1.82, 2.24) is 10.6 Å². The van der Waals surface area contributed by atoms with Gasteiger partial charge in [-0.15, -0.1) is 0 Å². The minimum absolute atomic E-state index is 0.0923. The Bertz CT molecular complexity index is 518. The van der Waals surface area contributed by atoms with Crippen molar-refractivity contribution < 1.29 is 30.0 Å². The van der Waals surface area contributed by atoms with E-state index in [4.69, 9.17) is 20.4 Å². The van der Waals surface area contributed by atoms with Gasteiger partial charge in [0.2, 0.25) is 0 Å². The Morgan fingerprint density at radius 3 is 1.38 bits per heavy atom. The molecule has 0 radical (unpaired) electrons. The molecule has 0 aromatic heterocycles. The predicted octanol–water partition coefficient (Wildman–Crippen LogP) is -0.0908. The second-order valence-electron chi connectivity index (χ2n) is 5.41. The topological polar surface area (TPSA) is 139 Å². The average Bonchev–Trinajstić information content (AvgIpc) is 2.68. The Morgan fingerprint density at radius 1 is 0.731 bits per heavy atom. The van der Waals surface area contributed by atoms with E-state index >= 15 is 0 Å². The third-order valence-electron chi connectivity index (χ3n) is 3.64. The summed E-state index contributed by atoms with van der Waals surface area (Å²) in [6.45, 7) is 0.609. The summed E-state index contributed by atoms with van der Waals surface area (Å²) in [6, 6.07) is 6.44.